The lowest BCUT2D eigenvalue weighted by Gasteiger charge is -2.10. The number of nitrogens with zero attached hydrogens (tertiary/aromatic N) is 2. The first-order valence-corrected chi connectivity index (χ1v) is 7.88. The Labute approximate surface area is 138 Å². The summed E-state index contributed by atoms with van der Waals surface area (Å²) >= 11 is 1.46. The summed E-state index contributed by atoms with van der Waals surface area (Å²) in [6.45, 7) is 2.25. The number of aryl methyl sites for hydroxylation is 1. The zero-order valence-electron chi connectivity index (χ0n) is 12.9. The molecule has 0 atom stereocenters. The number of benzene rings is 1. The van der Waals surface area contributed by atoms with Crippen LogP contribution in [-0.2, 0) is 17.1 Å². The first kappa shape index (κ1) is 17.0. The van der Waals surface area contributed by atoms with Crippen molar-refractivity contribution in [3.8, 4) is 6.07 Å². The summed E-state index contributed by atoms with van der Waals surface area (Å²) in [5.74, 6) is -0.335. The molecule has 0 fully saturated rings. The van der Waals surface area contributed by atoms with E-state index in [1.807, 2.05) is 13.0 Å². The number of aromatic carboxylic acids is 1. The second kappa shape index (κ2) is 7.77. The van der Waals surface area contributed by atoms with Crippen molar-refractivity contribution in [3.63, 3.8) is 0 Å². The molecule has 0 radical (unpaired) electrons. The van der Waals surface area contributed by atoms with Crippen LogP contribution in [0.2, 0.25) is 0 Å². The molecule has 0 amide bonds. The Morgan fingerprint density at radius 1 is 1.39 bits per heavy atom. The second-order valence-corrected chi connectivity index (χ2v) is 5.90. The Balaban J connectivity index is 2.19. The molecule has 6 heteroatoms. The van der Waals surface area contributed by atoms with Gasteiger partial charge in [-0.2, -0.15) is 5.26 Å². The molecule has 0 aliphatic heterocycles. The minimum Gasteiger partial charge on any atom is -0.478 e. The van der Waals surface area contributed by atoms with Crippen molar-refractivity contribution in [2.24, 2.45) is 0 Å². The van der Waals surface area contributed by atoms with Crippen LogP contribution in [0.15, 0.2) is 35.4 Å². The van der Waals surface area contributed by atoms with Crippen LogP contribution in [0.3, 0.4) is 0 Å². The van der Waals surface area contributed by atoms with Crippen LogP contribution in [-0.4, -0.2) is 23.2 Å². The van der Waals surface area contributed by atoms with Gasteiger partial charge in [0, 0.05) is 18.6 Å². The highest BCUT2D eigenvalue weighted by atomic mass is 32.2. The minimum atomic E-state index is -0.944. The van der Waals surface area contributed by atoms with Crippen molar-refractivity contribution in [2.75, 3.05) is 7.11 Å². The van der Waals surface area contributed by atoms with Crippen LogP contribution < -0.4 is 0 Å². The molecule has 0 bridgehead atoms. The first-order chi connectivity index (χ1) is 11.0. The van der Waals surface area contributed by atoms with Gasteiger partial charge in [0.15, 0.2) is 0 Å². The normalized spacial score (nSPS) is 10.3. The zero-order chi connectivity index (χ0) is 16.8. The van der Waals surface area contributed by atoms with Crippen molar-refractivity contribution in [3.05, 3.63) is 58.3 Å². The van der Waals surface area contributed by atoms with E-state index in [4.69, 9.17) is 9.84 Å². The summed E-state index contributed by atoms with van der Waals surface area (Å²) in [6.07, 6.45) is 0. The summed E-state index contributed by atoms with van der Waals surface area (Å²) in [7, 11) is 1.59. The second-order valence-electron chi connectivity index (χ2n) is 4.94. The number of thioether (sulfide) groups is 1. The SMILES string of the molecule is COCc1cc(C)nc(SCc2ccc(C(=O)O)cc2)c1C#N. The van der Waals surface area contributed by atoms with E-state index in [2.05, 4.69) is 11.1 Å². The predicted molar refractivity (Wildman–Crippen MR) is 87.4 cm³/mol. The van der Waals surface area contributed by atoms with E-state index in [1.54, 1.807) is 31.4 Å². The highest BCUT2D eigenvalue weighted by Crippen LogP contribution is 2.27. The fraction of sp³-hybridized carbons (Fsp3) is 0.235. The largest absolute Gasteiger partial charge is 0.478 e. The van der Waals surface area contributed by atoms with E-state index in [1.165, 1.54) is 11.8 Å². The van der Waals surface area contributed by atoms with Gasteiger partial charge < -0.3 is 9.84 Å². The quantitative estimate of drug-likeness (QED) is 0.818. The standard InChI is InChI=1S/C17H16N2O3S/c1-11-7-14(9-22-2)15(8-18)16(19-11)23-10-12-3-5-13(6-4-12)17(20)21/h3-7H,9-10H2,1-2H3,(H,20,21). The Kier molecular flexibility index (Phi) is 5.74. The third-order valence-electron chi connectivity index (χ3n) is 3.18. The molecule has 1 heterocycles. The fourth-order valence-electron chi connectivity index (χ4n) is 2.10. The van der Waals surface area contributed by atoms with Crippen LogP contribution >= 0.6 is 11.8 Å². The average molecular weight is 328 g/mol. The molecule has 0 aliphatic rings. The van der Waals surface area contributed by atoms with Crippen molar-refractivity contribution < 1.29 is 14.6 Å². The van der Waals surface area contributed by atoms with Gasteiger partial charge in [-0.25, -0.2) is 9.78 Å². The van der Waals surface area contributed by atoms with Gasteiger partial charge in [-0.3, -0.25) is 0 Å². The lowest BCUT2D eigenvalue weighted by atomic mass is 10.1. The Morgan fingerprint density at radius 3 is 2.65 bits per heavy atom. The molecule has 1 N–H and O–H groups in total. The van der Waals surface area contributed by atoms with Gasteiger partial charge in [0.25, 0.3) is 0 Å². The Morgan fingerprint density at radius 2 is 2.09 bits per heavy atom. The molecular formula is C17H16N2O3S. The van der Waals surface area contributed by atoms with Gasteiger partial charge in [0.05, 0.1) is 17.7 Å². The van der Waals surface area contributed by atoms with E-state index in [0.717, 1.165) is 16.8 Å². The van der Waals surface area contributed by atoms with Crippen molar-refractivity contribution in [1.29, 1.82) is 5.26 Å². The van der Waals surface area contributed by atoms with E-state index >= 15 is 0 Å². The number of hydrogen-bond acceptors (Lipinski definition) is 5. The molecule has 0 spiro atoms. The van der Waals surface area contributed by atoms with Crippen molar-refractivity contribution in [2.45, 2.75) is 24.3 Å². The number of rotatable bonds is 6. The molecule has 2 aromatic rings. The van der Waals surface area contributed by atoms with Crippen molar-refractivity contribution >= 4 is 17.7 Å². The van der Waals surface area contributed by atoms with Crippen LogP contribution in [0.4, 0.5) is 0 Å². The maximum absolute atomic E-state index is 10.8. The molecule has 1 aromatic carbocycles. The van der Waals surface area contributed by atoms with Crippen LogP contribution in [0, 0.1) is 18.3 Å². The van der Waals surface area contributed by atoms with E-state index < -0.39 is 5.97 Å². The summed E-state index contributed by atoms with van der Waals surface area (Å²) in [5.41, 5.74) is 3.42. The Bertz CT molecular complexity index is 752. The number of methoxy groups -OCH3 is 1. The smallest absolute Gasteiger partial charge is 0.335 e. The summed E-state index contributed by atoms with van der Waals surface area (Å²) in [5, 5.41) is 19.0. The van der Waals surface area contributed by atoms with Crippen LogP contribution in [0.25, 0.3) is 0 Å². The number of pyridine rings is 1. The van der Waals surface area contributed by atoms with E-state index in [-0.39, 0.29) is 5.56 Å². The van der Waals surface area contributed by atoms with Gasteiger partial charge in [0.1, 0.15) is 11.1 Å². The van der Waals surface area contributed by atoms with Gasteiger partial charge in [0.2, 0.25) is 0 Å². The molecule has 2 rings (SSSR count). The summed E-state index contributed by atoms with van der Waals surface area (Å²) in [6, 6.07) is 10.7. The maximum atomic E-state index is 10.8. The molecular weight excluding hydrogens is 312 g/mol. The van der Waals surface area contributed by atoms with Gasteiger partial charge in [-0.15, -0.1) is 11.8 Å². The minimum absolute atomic E-state index is 0.257. The van der Waals surface area contributed by atoms with Gasteiger partial charge in [-0.05, 0) is 36.2 Å². The average Bonchev–Trinajstić information content (AvgIpc) is 2.53. The zero-order valence-corrected chi connectivity index (χ0v) is 13.7. The Hall–Kier alpha value is -2.36. The number of carboxylic acids is 1. The monoisotopic (exact) mass is 328 g/mol. The first-order valence-electron chi connectivity index (χ1n) is 6.89. The molecule has 23 heavy (non-hydrogen) atoms. The number of nitriles is 1. The summed E-state index contributed by atoms with van der Waals surface area (Å²) < 4.78 is 5.13. The highest BCUT2D eigenvalue weighted by Gasteiger charge is 2.12. The third kappa shape index (κ3) is 4.31. The molecule has 0 aliphatic carbocycles. The number of hydrogen-bond donors (Lipinski definition) is 1. The number of aromatic nitrogens is 1. The highest BCUT2D eigenvalue weighted by molar-refractivity contribution is 7.98. The third-order valence-corrected chi connectivity index (χ3v) is 4.23. The molecule has 1 aromatic heterocycles. The molecule has 118 valence electrons. The molecule has 0 saturated heterocycles. The topological polar surface area (TPSA) is 83.2 Å². The van der Waals surface area contributed by atoms with E-state index in [9.17, 15) is 10.1 Å². The van der Waals surface area contributed by atoms with Gasteiger partial charge >= 0.3 is 5.97 Å². The van der Waals surface area contributed by atoms with Crippen molar-refractivity contribution in [1.82, 2.24) is 4.98 Å². The molecule has 5 nitrogen and oxygen atoms in total. The summed E-state index contributed by atoms with van der Waals surface area (Å²) in [4.78, 5) is 15.3. The number of carbonyl (C=O) groups is 1. The lowest BCUT2D eigenvalue weighted by molar-refractivity contribution is 0.0697. The molecule has 0 saturated carbocycles. The molecule has 0 unspecified atom stereocenters. The number of ether oxygens (including phenoxy) is 1. The van der Waals surface area contributed by atoms with E-state index in [0.29, 0.717) is 22.9 Å². The van der Waals surface area contributed by atoms with Crippen LogP contribution in [0.5, 0.6) is 0 Å². The van der Waals surface area contributed by atoms with Gasteiger partial charge in [-0.1, -0.05) is 12.1 Å². The maximum Gasteiger partial charge on any atom is 0.335 e. The van der Waals surface area contributed by atoms with Crippen LogP contribution in [0.1, 0.15) is 32.7 Å². The number of carboxylic acid groups (broad SMARTS) is 1. The predicted octanol–water partition coefficient (Wildman–Crippen LogP) is 3.40. The fourth-order valence-corrected chi connectivity index (χ4v) is 3.12. The lowest BCUT2D eigenvalue weighted by Crippen LogP contribution is -2.00.